The molecule has 3 rings (SSSR count). The lowest BCUT2D eigenvalue weighted by Gasteiger charge is -2.31. The van der Waals surface area contributed by atoms with Gasteiger partial charge in [-0.25, -0.2) is 0 Å². The number of nitrogens with one attached hydrogen (secondary N) is 1. The first-order chi connectivity index (χ1) is 12.6. The van der Waals surface area contributed by atoms with Crippen molar-refractivity contribution >= 4 is 17.5 Å². The van der Waals surface area contributed by atoms with Crippen LogP contribution in [0.4, 0.5) is 5.69 Å². The van der Waals surface area contributed by atoms with E-state index < -0.39 is 0 Å². The summed E-state index contributed by atoms with van der Waals surface area (Å²) in [5, 5.41) is 3.01. The summed E-state index contributed by atoms with van der Waals surface area (Å²) in [6.07, 6.45) is 3.49. The highest BCUT2D eigenvalue weighted by Crippen LogP contribution is 2.33. The number of carbonyl (C=O) groups excluding carboxylic acids is 2. The number of hydrogen-bond acceptors (Lipinski definition) is 4. The standard InChI is InChI=1S/C20H28N2O4/c1-14-3-6-17(18(13-14)26-12-11-25-2)21-19(23)15-7-9-22(10-8-15)20(24)16-4-5-16/h3,6,13,15-16H,4-5,7-12H2,1-2H3,(H,21,23). The average Bonchev–Trinajstić information content (AvgIpc) is 3.49. The van der Waals surface area contributed by atoms with E-state index in [9.17, 15) is 9.59 Å². The SMILES string of the molecule is COCCOc1cc(C)ccc1NC(=O)C1CCN(C(=O)C2CC2)CC1. The molecule has 1 aromatic carbocycles. The Bertz CT molecular complexity index is 649. The van der Waals surface area contributed by atoms with E-state index >= 15 is 0 Å². The normalized spacial score (nSPS) is 17.8. The Labute approximate surface area is 154 Å². The van der Waals surface area contributed by atoms with Gasteiger partial charge in [-0.3, -0.25) is 9.59 Å². The Kier molecular flexibility index (Phi) is 6.14. The molecule has 1 heterocycles. The number of anilines is 1. The zero-order chi connectivity index (χ0) is 18.5. The highest BCUT2D eigenvalue weighted by atomic mass is 16.5. The van der Waals surface area contributed by atoms with Gasteiger partial charge in [0, 0.05) is 32.0 Å². The minimum atomic E-state index is -0.0635. The molecule has 6 nitrogen and oxygen atoms in total. The molecule has 0 atom stereocenters. The van der Waals surface area contributed by atoms with Gasteiger partial charge in [-0.05, 0) is 50.3 Å². The molecule has 2 aliphatic rings. The second-order valence-corrected chi connectivity index (χ2v) is 7.20. The quantitative estimate of drug-likeness (QED) is 0.759. The summed E-state index contributed by atoms with van der Waals surface area (Å²) in [6.45, 7) is 4.28. The van der Waals surface area contributed by atoms with E-state index in [1.54, 1.807) is 7.11 Å². The lowest BCUT2D eigenvalue weighted by atomic mass is 9.95. The molecule has 0 aromatic heterocycles. The number of carbonyl (C=O) groups is 2. The van der Waals surface area contributed by atoms with E-state index in [2.05, 4.69) is 5.32 Å². The van der Waals surface area contributed by atoms with Gasteiger partial charge >= 0.3 is 0 Å². The molecule has 1 N–H and O–H groups in total. The van der Waals surface area contributed by atoms with E-state index in [0.717, 1.165) is 31.2 Å². The summed E-state index contributed by atoms with van der Waals surface area (Å²) < 4.78 is 10.8. The number of benzene rings is 1. The molecule has 0 spiro atoms. The number of amides is 2. The van der Waals surface area contributed by atoms with Crippen molar-refractivity contribution in [2.45, 2.75) is 32.6 Å². The third-order valence-corrected chi connectivity index (χ3v) is 5.04. The first kappa shape index (κ1) is 18.7. The van der Waals surface area contributed by atoms with Crippen LogP contribution in [0.1, 0.15) is 31.2 Å². The fourth-order valence-electron chi connectivity index (χ4n) is 3.27. The summed E-state index contributed by atoms with van der Waals surface area (Å²) in [7, 11) is 1.63. The van der Waals surface area contributed by atoms with E-state index in [1.807, 2.05) is 30.0 Å². The average molecular weight is 360 g/mol. The van der Waals surface area contributed by atoms with Gasteiger partial charge in [-0.15, -0.1) is 0 Å². The fourth-order valence-corrected chi connectivity index (χ4v) is 3.27. The van der Waals surface area contributed by atoms with Gasteiger partial charge in [0.2, 0.25) is 11.8 Å². The van der Waals surface area contributed by atoms with Crippen molar-refractivity contribution in [3.63, 3.8) is 0 Å². The number of likely N-dealkylation sites (tertiary alicyclic amines) is 1. The number of ether oxygens (including phenoxy) is 2. The predicted octanol–water partition coefficient (Wildman–Crippen LogP) is 2.61. The molecule has 0 bridgehead atoms. The molecule has 6 heteroatoms. The van der Waals surface area contributed by atoms with Crippen LogP contribution in [0.2, 0.25) is 0 Å². The summed E-state index contributed by atoms with van der Waals surface area (Å²) in [5.74, 6) is 1.13. The van der Waals surface area contributed by atoms with Crippen LogP contribution in [-0.2, 0) is 14.3 Å². The molecule has 2 fully saturated rings. The minimum absolute atomic E-state index is 0.00367. The Morgan fingerprint density at radius 3 is 2.50 bits per heavy atom. The van der Waals surface area contributed by atoms with Gasteiger partial charge in [0.05, 0.1) is 12.3 Å². The number of aryl methyl sites for hydroxylation is 1. The highest BCUT2D eigenvalue weighted by Gasteiger charge is 2.36. The van der Waals surface area contributed by atoms with E-state index in [1.165, 1.54) is 0 Å². The van der Waals surface area contributed by atoms with Gasteiger partial charge in [0.1, 0.15) is 12.4 Å². The van der Waals surface area contributed by atoms with Crippen molar-refractivity contribution in [3.8, 4) is 5.75 Å². The largest absolute Gasteiger partial charge is 0.489 e. The summed E-state index contributed by atoms with van der Waals surface area (Å²) in [4.78, 5) is 26.7. The molecular weight excluding hydrogens is 332 g/mol. The number of hydrogen-bond donors (Lipinski definition) is 1. The first-order valence-electron chi connectivity index (χ1n) is 9.40. The van der Waals surface area contributed by atoms with Crippen LogP contribution in [0.3, 0.4) is 0 Å². The molecule has 2 amide bonds. The third kappa shape index (κ3) is 4.75. The molecular formula is C20H28N2O4. The maximum atomic E-state index is 12.7. The van der Waals surface area contributed by atoms with Gasteiger partial charge < -0.3 is 19.7 Å². The highest BCUT2D eigenvalue weighted by molar-refractivity contribution is 5.94. The van der Waals surface area contributed by atoms with Gasteiger partial charge in [0.25, 0.3) is 0 Å². The Morgan fingerprint density at radius 1 is 1.12 bits per heavy atom. The molecule has 142 valence electrons. The van der Waals surface area contributed by atoms with Crippen LogP contribution in [0.15, 0.2) is 18.2 Å². The monoisotopic (exact) mass is 360 g/mol. The predicted molar refractivity (Wildman–Crippen MR) is 99.2 cm³/mol. The summed E-state index contributed by atoms with van der Waals surface area (Å²) in [6, 6.07) is 5.75. The smallest absolute Gasteiger partial charge is 0.227 e. The lowest BCUT2D eigenvalue weighted by Crippen LogP contribution is -2.42. The fraction of sp³-hybridized carbons (Fsp3) is 0.600. The van der Waals surface area contributed by atoms with Gasteiger partial charge in [-0.1, -0.05) is 6.07 Å². The van der Waals surface area contributed by atoms with Crippen LogP contribution in [0.5, 0.6) is 5.75 Å². The lowest BCUT2D eigenvalue weighted by molar-refractivity contribution is -0.135. The van der Waals surface area contributed by atoms with Crippen LogP contribution in [-0.4, -0.2) is 50.1 Å². The molecule has 26 heavy (non-hydrogen) atoms. The second kappa shape index (κ2) is 8.54. The number of nitrogens with zero attached hydrogens (tertiary/aromatic N) is 1. The zero-order valence-corrected chi connectivity index (χ0v) is 15.6. The van der Waals surface area contributed by atoms with E-state index in [0.29, 0.717) is 37.7 Å². The van der Waals surface area contributed by atoms with Crippen LogP contribution < -0.4 is 10.1 Å². The van der Waals surface area contributed by atoms with Gasteiger partial charge in [-0.2, -0.15) is 0 Å². The first-order valence-corrected chi connectivity index (χ1v) is 9.40. The van der Waals surface area contributed by atoms with E-state index in [-0.39, 0.29) is 23.7 Å². The van der Waals surface area contributed by atoms with Crippen LogP contribution in [0, 0.1) is 18.8 Å². The van der Waals surface area contributed by atoms with Crippen molar-refractivity contribution in [1.29, 1.82) is 0 Å². The molecule has 0 unspecified atom stereocenters. The van der Waals surface area contributed by atoms with Gasteiger partial charge in [0.15, 0.2) is 0 Å². The number of methoxy groups -OCH3 is 1. The van der Waals surface area contributed by atoms with Crippen molar-refractivity contribution in [3.05, 3.63) is 23.8 Å². The molecule has 1 aliphatic heterocycles. The molecule has 1 saturated heterocycles. The molecule has 1 aromatic rings. The molecule has 0 radical (unpaired) electrons. The molecule has 1 aliphatic carbocycles. The number of piperidine rings is 1. The second-order valence-electron chi connectivity index (χ2n) is 7.20. The maximum absolute atomic E-state index is 12.7. The van der Waals surface area contributed by atoms with Crippen molar-refractivity contribution in [1.82, 2.24) is 4.90 Å². The van der Waals surface area contributed by atoms with Crippen molar-refractivity contribution < 1.29 is 19.1 Å². The van der Waals surface area contributed by atoms with E-state index in [4.69, 9.17) is 9.47 Å². The maximum Gasteiger partial charge on any atom is 0.227 e. The van der Waals surface area contributed by atoms with Crippen molar-refractivity contribution in [2.24, 2.45) is 11.8 Å². The van der Waals surface area contributed by atoms with Crippen LogP contribution in [0.25, 0.3) is 0 Å². The zero-order valence-electron chi connectivity index (χ0n) is 15.6. The minimum Gasteiger partial charge on any atom is -0.489 e. The Balaban J connectivity index is 1.55. The van der Waals surface area contributed by atoms with Crippen molar-refractivity contribution in [2.75, 3.05) is 38.7 Å². The summed E-state index contributed by atoms with van der Waals surface area (Å²) >= 11 is 0. The number of rotatable bonds is 7. The van der Waals surface area contributed by atoms with Crippen LogP contribution >= 0.6 is 0 Å². The molecule has 1 saturated carbocycles. The topological polar surface area (TPSA) is 67.9 Å². The Hall–Kier alpha value is -2.08. The third-order valence-electron chi connectivity index (χ3n) is 5.04. The Morgan fingerprint density at radius 2 is 1.85 bits per heavy atom. The summed E-state index contributed by atoms with van der Waals surface area (Å²) in [5.41, 5.74) is 1.76.